The summed E-state index contributed by atoms with van der Waals surface area (Å²) in [5.41, 5.74) is 0. The number of benzene rings is 1. The van der Waals surface area contributed by atoms with Gasteiger partial charge in [0.1, 0.15) is 5.75 Å². The maximum Gasteiger partial charge on any atom is 0.263 e. The molecule has 0 aromatic heterocycles. The average Bonchev–Trinajstić information content (AvgIpc) is 2.68. The molecule has 2 saturated heterocycles. The second-order valence-corrected chi connectivity index (χ2v) is 7.25. The normalized spacial score (nSPS) is 19.6. The van der Waals surface area contributed by atoms with Gasteiger partial charge in [0, 0.05) is 44.3 Å². The summed E-state index contributed by atoms with van der Waals surface area (Å²) in [6, 6.07) is 7.01. The van der Waals surface area contributed by atoms with Crippen molar-refractivity contribution >= 4 is 23.4 Å². The summed E-state index contributed by atoms with van der Waals surface area (Å²) in [5, 5.41) is 0.569. The zero-order chi connectivity index (χ0) is 19.2. The van der Waals surface area contributed by atoms with E-state index in [1.165, 1.54) is 0 Å². The van der Waals surface area contributed by atoms with Crippen LogP contribution in [0.15, 0.2) is 24.3 Å². The van der Waals surface area contributed by atoms with Crippen molar-refractivity contribution in [1.29, 1.82) is 0 Å². The molecular weight excluding hydrogens is 370 g/mol. The smallest absolute Gasteiger partial charge is 0.263 e. The molecule has 2 aliphatic heterocycles. The van der Waals surface area contributed by atoms with E-state index in [2.05, 4.69) is 4.90 Å². The first-order valence-corrected chi connectivity index (χ1v) is 9.69. The van der Waals surface area contributed by atoms with Gasteiger partial charge in [-0.25, -0.2) is 0 Å². The lowest BCUT2D eigenvalue weighted by atomic mass is 10.2. The molecule has 0 aliphatic carbocycles. The van der Waals surface area contributed by atoms with Gasteiger partial charge in [0.05, 0.1) is 19.8 Å². The lowest BCUT2D eigenvalue weighted by Crippen LogP contribution is -2.55. The highest BCUT2D eigenvalue weighted by Gasteiger charge is 2.28. The Morgan fingerprint density at radius 3 is 2.44 bits per heavy atom. The van der Waals surface area contributed by atoms with Crippen LogP contribution in [0.3, 0.4) is 0 Å². The summed E-state index contributed by atoms with van der Waals surface area (Å²) in [4.78, 5) is 30.8. The van der Waals surface area contributed by atoms with Crippen LogP contribution in [0.4, 0.5) is 0 Å². The van der Waals surface area contributed by atoms with E-state index in [4.69, 9.17) is 21.1 Å². The molecule has 8 heteroatoms. The molecule has 2 aliphatic rings. The molecule has 2 amide bonds. The third-order valence-electron chi connectivity index (χ3n) is 4.86. The highest BCUT2D eigenvalue weighted by molar-refractivity contribution is 6.30. The maximum absolute atomic E-state index is 12.6. The molecular formula is C19H26ClN3O4. The van der Waals surface area contributed by atoms with Gasteiger partial charge in [-0.3, -0.25) is 14.5 Å². The van der Waals surface area contributed by atoms with E-state index in [1.807, 2.05) is 4.90 Å². The first-order chi connectivity index (χ1) is 13.0. The Hall–Kier alpha value is -1.83. The summed E-state index contributed by atoms with van der Waals surface area (Å²) < 4.78 is 11.0. The fourth-order valence-corrected chi connectivity index (χ4v) is 3.46. The highest BCUT2D eigenvalue weighted by atomic mass is 35.5. The van der Waals surface area contributed by atoms with Crippen LogP contribution in [0.5, 0.6) is 5.75 Å². The molecule has 0 radical (unpaired) electrons. The second kappa shape index (κ2) is 9.39. The van der Waals surface area contributed by atoms with Crippen LogP contribution < -0.4 is 4.74 Å². The molecule has 7 nitrogen and oxygen atoms in total. The van der Waals surface area contributed by atoms with E-state index in [0.29, 0.717) is 56.7 Å². The Morgan fingerprint density at radius 1 is 1.11 bits per heavy atom. The van der Waals surface area contributed by atoms with Gasteiger partial charge in [0.15, 0.2) is 6.10 Å². The minimum atomic E-state index is -0.598. The fourth-order valence-electron chi connectivity index (χ4n) is 3.28. The van der Waals surface area contributed by atoms with Gasteiger partial charge in [-0.15, -0.1) is 0 Å². The molecule has 2 heterocycles. The van der Waals surface area contributed by atoms with E-state index >= 15 is 0 Å². The lowest BCUT2D eigenvalue weighted by molar-refractivity contribution is -0.144. The van der Waals surface area contributed by atoms with Crippen LogP contribution in [0.25, 0.3) is 0 Å². The van der Waals surface area contributed by atoms with Crippen LogP contribution in [0.2, 0.25) is 5.02 Å². The molecule has 1 aromatic rings. The van der Waals surface area contributed by atoms with Crippen molar-refractivity contribution in [2.75, 3.05) is 59.0 Å². The minimum Gasteiger partial charge on any atom is -0.481 e. The first-order valence-electron chi connectivity index (χ1n) is 9.32. The Labute approximate surface area is 164 Å². The summed E-state index contributed by atoms with van der Waals surface area (Å²) in [7, 11) is 0. The van der Waals surface area contributed by atoms with Crippen LogP contribution in [-0.4, -0.2) is 91.6 Å². The second-order valence-electron chi connectivity index (χ2n) is 6.81. The molecule has 1 unspecified atom stereocenters. The molecule has 0 spiro atoms. The van der Waals surface area contributed by atoms with E-state index in [1.54, 1.807) is 36.1 Å². The Balaban J connectivity index is 1.44. The van der Waals surface area contributed by atoms with Crippen molar-refractivity contribution in [2.45, 2.75) is 13.0 Å². The topological polar surface area (TPSA) is 62.3 Å². The monoisotopic (exact) mass is 395 g/mol. The molecule has 148 valence electrons. The number of morpholine rings is 1. The number of hydrogen-bond acceptors (Lipinski definition) is 5. The first kappa shape index (κ1) is 19.9. The van der Waals surface area contributed by atoms with Crippen LogP contribution in [-0.2, 0) is 14.3 Å². The maximum atomic E-state index is 12.6. The van der Waals surface area contributed by atoms with Gasteiger partial charge in [0.25, 0.3) is 5.91 Å². The van der Waals surface area contributed by atoms with Gasteiger partial charge in [0.2, 0.25) is 5.91 Å². The third kappa shape index (κ3) is 5.57. The van der Waals surface area contributed by atoms with Gasteiger partial charge in [-0.2, -0.15) is 0 Å². The van der Waals surface area contributed by atoms with Gasteiger partial charge < -0.3 is 19.3 Å². The van der Waals surface area contributed by atoms with Crippen LogP contribution in [0.1, 0.15) is 6.92 Å². The number of carbonyl (C=O) groups excluding carboxylic acids is 2. The molecule has 1 atom stereocenters. The van der Waals surface area contributed by atoms with Crippen molar-refractivity contribution in [2.24, 2.45) is 0 Å². The Kier molecular flexibility index (Phi) is 6.93. The number of nitrogens with zero attached hydrogens (tertiary/aromatic N) is 3. The van der Waals surface area contributed by atoms with E-state index in [-0.39, 0.29) is 11.8 Å². The number of amides is 2. The van der Waals surface area contributed by atoms with E-state index in [9.17, 15) is 9.59 Å². The minimum absolute atomic E-state index is 0.0738. The standard InChI is InChI=1S/C19H26ClN3O4/c1-15(27-17-4-2-3-16(20)13-17)19(25)23-7-5-22(6-8-23)18(24)14-21-9-11-26-12-10-21/h2-4,13,15H,5-12,14H2,1H3. The molecule has 0 N–H and O–H groups in total. The largest absolute Gasteiger partial charge is 0.481 e. The highest BCUT2D eigenvalue weighted by Crippen LogP contribution is 2.19. The number of halogens is 1. The van der Waals surface area contributed by atoms with Gasteiger partial charge in [-0.05, 0) is 25.1 Å². The van der Waals surface area contributed by atoms with Crippen molar-refractivity contribution < 1.29 is 19.1 Å². The Morgan fingerprint density at radius 2 is 1.78 bits per heavy atom. The number of piperazine rings is 1. The zero-order valence-electron chi connectivity index (χ0n) is 15.6. The van der Waals surface area contributed by atoms with Gasteiger partial charge in [-0.1, -0.05) is 17.7 Å². The van der Waals surface area contributed by atoms with Crippen LogP contribution in [0, 0.1) is 0 Å². The van der Waals surface area contributed by atoms with Crippen molar-refractivity contribution in [3.05, 3.63) is 29.3 Å². The van der Waals surface area contributed by atoms with Gasteiger partial charge >= 0.3 is 0 Å². The number of rotatable bonds is 5. The molecule has 0 saturated carbocycles. The predicted molar refractivity (Wildman–Crippen MR) is 102 cm³/mol. The predicted octanol–water partition coefficient (Wildman–Crippen LogP) is 1.11. The van der Waals surface area contributed by atoms with E-state index in [0.717, 1.165) is 13.1 Å². The molecule has 27 heavy (non-hydrogen) atoms. The van der Waals surface area contributed by atoms with Crippen molar-refractivity contribution in [3.8, 4) is 5.75 Å². The Bertz CT molecular complexity index is 658. The van der Waals surface area contributed by atoms with E-state index < -0.39 is 6.10 Å². The fraction of sp³-hybridized carbons (Fsp3) is 0.579. The summed E-state index contributed by atoms with van der Waals surface area (Å²) >= 11 is 5.95. The number of carbonyl (C=O) groups is 2. The van der Waals surface area contributed by atoms with Crippen molar-refractivity contribution in [3.63, 3.8) is 0 Å². The average molecular weight is 396 g/mol. The molecule has 3 rings (SSSR count). The summed E-state index contributed by atoms with van der Waals surface area (Å²) in [5.74, 6) is 0.616. The number of hydrogen-bond donors (Lipinski definition) is 0. The quantitative estimate of drug-likeness (QED) is 0.747. The summed E-state index contributed by atoms with van der Waals surface area (Å²) in [6.45, 7) is 7.27. The van der Waals surface area contributed by atoms with Crippen LogP contribution >= 0.6 is 11.6 Å². The zero-order valence-corrected chi connectivity index (χ0v) is 16.4. The van der Waals surface area contributed by atoms with Crippen molar-refractivity contribution in [1.82, 2.24) is 14.7 Å². The molecule has 1 aromatic carbocycles. The SMILES string of the molecule is CC(Oc1cccc(Cl)c1)C(=O)N1CCN(C(=O)CN2CCOCC2)CC1. The third-order valence-corrected chi connectivity index (χ3v) is 5.10. The lowest BCUT2D eigenvalue weighted by Gasteiger charge is -2.37. The summed E-state index contributed by atoms with van der Waals surface area (Å²) in [6.07, 6.45) is -0.598. The molecule has 2 fully saturated rings. The molecule has 0 bridgehead atoms. The number of ether oxygens (including phenoxy) is 2.